The molecule has 0 saturated carbocycles. The van der Waals surface area contributed by atoms with E-state index in [1.165, 1.54) is 0 Å². The lowest BCUT2D eigenvalue weighted by Crippen LogP contribution is -2.21. The monoisotopic (exact) mass is 334 g/mol. The highest BCUT2D eigenvalue weighted by Crippen LogP contribution is 2.27. The van der Waals surface area contributed by atoms with Crippen LogP contribution in [0.15, 0.2) is 21.2 Å². The van der Waals surface area contributed by atoms with Crippen molar-refractivity contribution in [3.05, 3.63) is 21.2 Å². The molecule has 2 rings (SSSR count). The van der Waals surface area contributed by atoms with Crippen LogP contribution in [-0.4, -0.2) is 36.1 Å². The Bertz CT molecular complexity index is 359. The van der Waals surface area contributed by atoms with Crippen LogP contribution in [0.4, 0.5) is 0 Å². The average molecular weight is 336 g/mol. The lowest BCUT2D eigenvalue weighted by Gasteiger charge is -2.13. The van der Waals surface area contributed by atoms with E-state index in [1.807, 2.05) is 6.07 Å². The molecule has 0 amide bonds. The molecule has 0 spiro atoms. The summed E-state index contributed by atoms with van der Waals surface area (Å²) in [6, 6.07) is 1.95. The van der Waals surface area contributed by atoms with E-state index in [2.05, 4.69) is 48.8 Å². The van der Waals surface area contributed by atoms with Crippen LogP contribution in [0.1, 0.15) is 6.42 Å². The van der Waals surface area contributed by atoms with Crippen molar-refractivity contribution in [3.63, 3.8) is 0 Å². The van der Waals surface area contributed by atoms with Crippen LogP contribution in [0, 0.1) is 0 Å². The molecule has 0 bridgehead atoms. The van der Waals surface area contributed by atoms with Crippen LogP contribution in [0.2, 0.25) is 0 Å². The minimum atomic E-state index is 0.264. The molecular formula is C10H12Br2N2O. The third-order valence-corrected chi connectivity index (χ3v) is 3.40. The molecule has 5 heteroatoms. The summed E-state index contributed by atoms with van der Waals surface area (Å²) in [4.78, 5) is 6.49. The van der Waals surface area contributed by atoms with Gasteiger partial charge in [0.2, 0.25) is 5.88 Å². The van der Waals surface area contributed by atoms with Gasteiger partial charge in [0.1, 0.15) is 6.10 Å². The van der Waals surface area contributed by atoms with Gasteiger partial charge in [0.05, 0.1) is 4.47 Å². The van der Waals surface area contributed by atoms with Crippen molar-refractivity contribution >= 4 is 31.9 Å². The minimum absolute atomic E-state index is 0.264. The Hall–Kier alpha value is -0.130. The molecule has 1 saturated heterocycles. The molecule has 3 nitrogen and oxygen atoms in total. The van der Waals surface area contributed by atoms with E-state index in [1.54, 1.807) is 6.20 Å². The van der Waals surface area contributed by atoms with E-state index >= 15 is 0 Å². The Morgan fingerprint density at radius 1 is 1.53 bits per heavy atom. The number of likely N-dealkylation sites (tertiary alicyclic amines) is 1. The summed E-state index contributed by atoms with van der Waals surface area (Å²) in [5, 5.41) is 0. The van der Waals surface area contributed by atoms with Gasteiger partial charge in [-0.25, -0.2) is 4.98 Å². The first kappa shape index (κ1) is 11.4. The first-order valence-corrected chi connectivity index (χ1v) is 6.40. The van der Waals surface area contributed by atoms with E-state index in [0.29, 0.717) is 5.88 Å². The van der Waals surface area contributed by atoms with Crippen molar-refractivity contribution < 1.29 is 4.74 Å². The summed E-state index contributed by atoms with van der Waals surface area (Å²) >= 11 is 6.80. The summed E-state index contributed by atoms with van der Waals surface area (Å²) in [7, 11) is 2.10. The summed E-state index contributed by atoms with van der Waals surface area (Å²) in [6.07, 6.45) is 3.08. The Balaban J connectivity index is 2.04. The van der Waals surface area contributed by atoms with E-state index in [9.17, 15) is 0 Å². The second-order valence-electron chi connectivity index (χ2n) is 3.73. The lowest BCUT2D eigenvalue weighted by molar-refractivity contribution is 0.198. The third kappa shape index (κ3) is 2.92. The summed E-state index contributed by atoms with van der Waals surface area (Å²) in [5.41, 5.74) is 0. The van der Waals surface area contributed by atoms with Crippen LogP contribution >= 0.6 is 31.9 Å². The maximum Gasteiger partial charge on any atom is 0.228 e. The predicted molar refractivity (Wildman–Crippen MR) is 66.2 cm³/mol. The van der Waals surface area contributed by atoms with Crippen molar-refractivity contribution in [3.8, 4) is 5.88 Å². The van der Waals surface area contributed by atoms with Crippen molar-refractivity contribution in [2.75, 3.05) is 20.1 Å². The summed E-state index contributed by atoms with van der Waals surface area (Å²) in [6.45, 7) is 2.07. The number of nitrogens with zero attached hydrogens (tertiary/aromatic N) is 2. The van der Waals surface area contributed by atoms with Gasteiger partial charge in [-0.05, 0) is 51.4 Å². The first-order valence-electron chi connectivity index (χ1n) is 4.81. The number of pyridine rings is 1. The highest BCUT2D eigenvalue weighted by atomic mass is 79.9. The molecule has 2 heterocycles. The fourth-order valence-corrected chi connectivity index (χ4v) is 2.72. The molecular weight excluding hydrogens is 324 g/mol. The van der Waals surface area contributed by atoms with Gasteiger partial charge in [-0.3, -0.25) is 0 Å². The van der Waals surface area contributed by atoms with Crippen LogP contribution < -0.4 is 4.74 Å². The van der Waals surface area contributed by atoms with Crippen LogP contribution in [-0.2, 0) is 0 Å². The zero-order valence-corrected chi connectivity index (χ0v) is 11.6. The average Bonchev–Trinajstić information content (AvgIpc) is 2.56. The Labute approximate surface area is 106 Å². The van der Waals surface area contributed by atoms with Gasteiger partial charge in [0.25, 0.3) is 0 Å². The molecule has 1 aliphatic heterocycles. The number of hydrogen-bond donors (Lipinski definition) is 0. The molecule has 1 aliphatic rings. The number of hydrogen-bond acceptors (Lipinski definition) is 3. The van der Waals surface area contributed by atoms with Gasteiger partial charge in [-0.15, -0.1) is 0 Å². The molecule has 15 heavy (non-hydrogen) atoms. The molecule has 82 valence electrons. The largest absolute Gasteiger partial charge is 0.472 e. The van der Waals surface area contributed by atoms with Crippen LogP contribution in [0.3, 0.4) is 0 Å². The Morgan fingerprint density at radius 3 is 2.93 bits per heavy atom. The smallest absolute Gasteiger partial charge is 0.228 e. The third-order valence-electron chi connectivity index (χ3n) is 2.40. The lowest BCUT2D eigenvalue weighted by atomic mass is 10.3. The fraction of sp³-hybridized carbons (Fsp3) is 0.500. The van der Waals surface area contributed by atoms with E-state index < -0.39 is 0 Å². The highest BCUT2D eigenvalue weighted by Gasteiger charge is 2.22. The van der Waals surface area contributed by atoms with Gasteiger partial charge in [0.15, 0.2) is 0 Å². The molecule has 1 unspecified atom stereocenters. The van der Waals surface area contributed by atoms with Crippen molar-refractivity contribution in [1.29, 1.82) is 0 Å². The SMILES string of the molecule is CN1CCC(Oc2ncc(Br)cc2Br)C1. The number of aromatic nitrogens is 1. The molecule has 1 aromatic heterocycles. The zero-order valence-electron chi connectivity index (χ0n) is 8.41. The van der Waals surface area contributed by atoms with E-state index in [0.717, 1.165) is 28.5 Å². The molecule has 1 atom stereocenters. The standard InChI is InChI=1S/C10H12Br2N2O/c1-14-3-2-8(6-14)15-10-9(12)4-7(11)5-13-10/h4-5,8H,2-3,6H2,1H3. The van der Waals surface area contributed by atoms with Crippen LogP contribution in [0.25, 0.3) is 0 Å². The van der Waals surface area contributed by atoms with Gasteiger partial charge in [0, 0.05) is 23.8 Å². The second-order valence-corrected chi connectivity index (χ2v) is 5.50. The number of rotatable bonds is 2. The topological polar surface area (TPSA) is 25.4 Å². The summed E-state index contributed by atoms with van der Waals surface area (Å²) < 4.78 is 7.66. The number of halogens is 2. The van der Waals surface area contributed by atoms with Gasteiger partial charge >= 0.3 is 0 Å². The Kier molecular flexibility index (Phi) is 3.64. The zero-order chi connectivity index (χ0) is 10.8. The Morgan fingerprint density at radius 2 is 2.33 bits per heavy atom. The van der Waals surface area contributed by atoms with Gasteiger partial charge in [-0.1, -0.05) is 0 Å². The molecule has 0 aliphatic carbocycles. The van der Waals surface area contributed by atoms with E-state index in [-0.39, 0.29) is 6.10 Å². The minimum Gasteiger partial charge on any atom is -0.472 e. The number of likely N-dealkylation sites (N-methyl/N-ethyl adjacent to an activating group) is 1. The van der Waals surface area contributed by atoms with Crippen molar-refractivity contribution in [1.82, 2.24) is 9.88 Å². The normalized spacial score (nSPS) is 21.9. The number of ether oxygens (including phenoxy) is 1. The molecule has 0 radical (unpaired) electrons. The maximum atomic E-state index is 5.81. The predicted octanol–water partition coefficient (Wildman–Crippen LogP) is 2.69. The van der Waals surface area contributed by atoms with Crippen molar-refractivity contribution in [2.45, 2.75) is 12.5 Å². The fourth-order valence-electron chi connectivity index (χ4n) is 1.64. The van der Waals surface area contributed by atoms with E-state index in [4.69, 9.17) is 4.74 Å². The van der Waals surface area contributed by atoms with Gasteiger partial charge < -0.3 is 9.64 Å². The quantitative estimate of drug-likeness (QED) is 0.831. The first-order chi connectivity index (χ1) is 7.15. The molecule has 0 aromatic carbocycles. The summed E-state index contributed by atoms with van der Waals surface area (Å²) in [5.74, 6) is 0.679. The van der Waals surface area contributed by atoms with Gasteiger partial charge in [-0.2, -0.15) is 0 Å². The molecule has 1 aromatic rings. The van der Waals surface area contributed by atoms with Crippen LogP contribution in [0.5, 0.6) is 5.88 Å². The molecule has 0 N–H and O–H groups in total. The maximum absolute atomic E-state index is 5.81. The van der Waals surface area contributed by atoms with Crippen molar-refractivity contribution in [2.24, 2.45) is 0 Å². The second kappa shape index (κ2) is 4.80. The molecule has 1 fully saturated rings. The highest BCUT2D eigenvalue weighted by molar-refractivity contribution is 9.11.